The summed E-state index contributed by atoms with van der Waals surface area (Å²) in [5, 5.41) is 4.11. The molecule has 5 heteroatoms. The number of ether oxygens (including phenoxy) is 1. The Balaban J connectivity index is 2.35. The number of halogens is 3. The first-order chi connectivity index (χ1) is 10.0. The van der Waals surface area contributed by atoms with Crippen LogP contribution in [0.5, 0.6) is 5.75 Å². The van der Waals surface area contributed by atoms with Crippen LogP contribution in [0.15, 0.2) is 40.9 Å². The zero-order valence-electron chi connectivity index (χ0n) is 11.8. The lowest BCUT2D eigenvalue weighted by molar-refractivity contribution is 0.406. The average Bonchev–Trinajstić information content (AvgIpc) is 2.47. The number of hydrogen-bond acceptors (Lipinski definition) is 2. The van der Waals surface area contributed by atoms with Crippen molar-refractivity contribution >= 4 is 50.1 Å². The number of hydrogen-bond donors (Lipinski definition) is 1. The number of likely N-dealkylation sites (N-methyl/N-ethyl adjacent to an activating group) is 1. The standard InChI is InChI=1S/C16H16BrClINO/c1-20-15(13-9-11(17)3-5-14(13)19)8-10-7-12(18)4-6-16(10)21-2/h3-7,9,15,20H,8H2,1-2H3. The first-order valence-corrected chi connectivity index (χ1v) is 8.74. The highest BCUT2D eigenvalue weighted by Gasteiger charge is 2.16. The molecular formula is C16H16BrClINO. The van der Waals surface area contributed by atoms with Crippen LogP contribution in [-0.4, -0.2) is 14.2 Å². The Morgan fingerprint density at radius 2 is 2.05 bits per heavy atom. The summed E-state index contributed by atoms with van der Waals surface area (Å²) in [4.78, 5) is 0. The van der Waals surface area contributed by atoms with Gasteiger partial charge in [-0.1, -0.05) is 27.5 Å². The van der Waals surface area contributed by atoms with Crippen molar-refractivity contribution in [3.8, 4) is 5.75 Å². The predicted octanol–water partition coefficient (Wildman–Crippen LogP) is 5.22. The van der Waals surface area contributed by atoms with Crippen LogP contribution in [0.2, 0.25) is 5.02 Å². The topological polar surface area (TPSA) is 21.3 Å². The van der Waals surface area contributed by atoms with E-state index in [0.717, 1.165) is 27.2 Å². The number of methoxy groups -OCH3 is 1. The first kappa shape index (κ1) is 17.1. The Labute approximate surface area is 152 Å². The monoisotopic (exact) mass is 479 g/mol. The lowest BCUT2D eigenvalue weighted by Crippen LogP contribution is -2.20. The van der Waals surface area contributed by atoms with Crippen molar-refractivity contribution in [2.45, 2.75) is 12.5 Å². The van der Waals surface area contributed by atoms with E-state index in [9.17, 15) is 0 Å². The Bertz CT molecular complexity index is 636. The number of benzene rings is 2. The molecule has 1 N–H and O–H groups in total. The van der Waals surface area contributed by atoms with Gasteiger partial charge >= 0.3 is 0 Å². The maximum atomic E-state index is 6.12. The molecule has 1 unspecified atom stereocenters. The van der Waals surface area contributed by atoms with Gasteiger partial charge in [-0.25, -0.2) is 0 Å². The van der Waals surface area contributed by atoms with Crippen molar-refractivity contribution in [3.05, 3.63) is 60.6 Å². The molecule has 0 aliphatic heterocycles. The van der Waals surface area contributed by atoms with Gasteiger partial charge in [-0.2, -0.15) is 0 Å². The lowest BCUT2D eigenvalue weighted by Gasteiger charge is -2.20. The molecule has 0 aliphatic carbocycles. The van der Waals surface area contributed by atoms with Crippen molar-refractivity contribution < 1.29 is 4.74 Å². The quantitative estimate of drug-likeness (QED) is 0.593. The average molecular weight is 481 g/mol. The normalized spacial score (nSPS) is 12.2. The molecule has 0 aliphatic rings. The van der Waals surface area contributed by atoms with Gasteiger partial charge in [-0.15, -0.1) is 0 Å². The molecule has 2 aromatic rings. The van der Waals surface area contributed by atoms with Crippen LogP contribution in [0.4, 0.5) is 0 Å². The molecule has 1 atom stereocenters. The van der Waals surface area contributed by atoms with Crippen LogP contribution in [-0.2, 0) is 6.42 Å². The fraction of sp³-hybridized carbons (Fsp3) is 0.250. The van der Waals surface area contributed by atoms with E-state index in [4.69, 9.17) is 16.3 Å². The maximum Gasteiger partial charge on any atom is 0.122 e. The highest BCUT2D eigenvalue weighted by Crippen LogP contribution is 2.30. The van der Waals surface area contributed by atoms with Crippen LogP contribution in [0.25, 0.3) is 0 Å². The van der Waals surface area contributed by atoms with Gasteiger partial charge in [-0.05, 0) is 83.6 Å². The van der Waals surface area contributed by atoms with Gasteiger partial charge in [0.15, 0.2) is 0 Å². The summed E-state index contributed by atoms with van der Waals surface area (Å²) in [7, 11) is 3.66. The lowest BCUT2D eigenvalue weighted by atomic mass is 9.98. The molecule has 0 saturated heterocycles. The summed E-state index contributed by atoms with van der Waals surface area (Å²) >= 11 is 12.0. The Morgan fingerprint density at radius 1 is 1.29 bits per heavy atom. The van der Waals surface area contributed by atoms with Gasteiger partial charge in [0.05, 0.1) is 7.11 Å². The van der Waals surface area contributed by atoms with Crippen molar-refractivity contribution in [1.82, 2.24) is 5.32 Å². The van der Waals surface area contributed by atoms with Gasteiger partial charge in [-0.3, -0.25) is 0 Å². The minimum Gasteiger partial charge on any atom is -0.496 e. The van der Waals surface area contributed by atoms with Gasteiger partial charge < -0.3 is 10.1 Å². The summed E-state index contributed by atoms with van der Waals surface area (Å²) in [6, 6.07) is 12.2. The summed E-state index contributed by atoms with van der Waals surface area (Å²) in [5.41, 5.74) is 2.36. The molecule has 2 nitrogen and oxygen atoms in total. The smallest absolute Gasteiger partial charge is 0.122 e. The summed E-state index contributed by atoms with van der Waals surface area (Å²) < 4.78 is 7.75. The van der Waals surface area contributed by atoms with Crippen LogP contribution in [0.1, 0.15) is 17.2 Å². The SMILES string of the molecule is CNC(Cc1cc(Cl)ccc1OC)c1cc(Br)ccc1I. The van der Waals surface area contributed by atoms with E-state index < -0.39 is 0 Å². The highest BCUT2D eigenvalue weighted by atomic mass is 127. The second kappa shape index (κ2) is 7.81. The van der Waals surface area contributed by atoms with Gasteiger partial charge in [0.2, 0.25) is 0 Å². The summed E-state index contributed by atoms with van der Waals surface area (Å²) in [6.45, 7) is 0. The number of rotatable bonds is 5. The number of nitrogens with one attached hydrogen (secondary N) is 1. The highest BCUT2D eigenvalue weighted by molar-refractivity contribution is 14.1. The van der Waals surface area contributed by atoms with Gasteiger partial charge in [0.25, 0.3) is 0 Å². The molecule has 0 saturated carbocycles. The molecule has 0 radical (unpaired) electrons. The molecule has 0 fully saturated rings. The third kappa shape index (κ3) is 4.34. The van der Waals surface area contributed by atoms with E-state index >= 15 is 0 Å². The summed E-state index contributed by atoms with van der Waals surface area (Å²) in [6.07, 6.45) is 0.812. The Kier molecular flexibility index (Phi) is 6.34. The van der Waals surface area contributed by atoms with Gasteiger partial charge in [0.1, 0.15) is 5.75 Å². The molecular weight excluding hydrogens is 464 g/mol. The maximum absolute atomic E-state index is 6.12. The molecule has 0 amide bonds. The zero-order valence-corrected chi connectivity index (χ0v) is 16.3. The first-order valence-electron chi connectivity index (χ1n) is 6.49. The van der Waals surface area contributed by atoms with Crippen LogP contribution in [0, 0.1) is 3.57 Å². The molecule has 112 valence electrons. The van der Waals surface area contributed by atoms with E-state index in [2.05, 4.69) is 62.0 Å². The van der Waals surface area contributed by atoms with Crippen LogP contribution >= 0.6 is 50.1 Å². The predicted molar refractivity (Wildman–Crippen MR) is 100 cm³/mol. The van der Waals surface area contributed by atoms with Gasteiger partial charge in [0, 0.05) is 19.1 Å². The second-order valence-corrected chi connectivity index (χ2v) is 7.18. The van der Waals surface area contributed by atoms with E-state index in [0.29, 0.717) is 0 Å². The van der Waals surface area contributed by atoms with E-state index in [1.165, 1.54) is 9.13 Å². The third-order valence-corrected chi connectivity index (χ3v) is 5.06. The Hall–Kier alpha value is -0.300. The minimum absolute atomic E-state index is 0.196. The molecule has 2 aromatic carbocycles. The van der Waals surface area contributed by atoms with Crippen molar-refractivity contribution in [3.63, 3.8) is 0 Å². The molecule has 0 aromatic heterocycles. The van der Waals surface area contributed by atoms with E-state index in [1.54, 1.807) is 7.11 Å². The van der Waals surface area contributed by atoms with Crippen LogP contribution < -0.4 is 10.1 Å². The summed E-state index contributed by atoms with van der Waals surface area (Å²) in [5.74, 6) is 0.865. The fourth-order valence-corrected chi connectivity index (χ4v) is 3.56. The molecule has 21 heavy (non-hydrogen) atoms. The zero-order chi connectivity index (χ0) is 15.4. The van der Waals surface area contributed by atoms with E-state index in [1.807, 2.05) is 25.2 Å². The molecule has 2 rings (SSSR count). The van der Waals surface area contributed by atoms with E-state index in [-0.39, 0.29) is 6.04 Å². The van der Waals surface area contributed by atoms with Crippen molar-refractivity contribution in [2.75, 3.05) is 14.2 Å². The fourth-order valence-electron chi connectivity index (χ4n) is 2.28. The molecule has 0 bridgehead atoms. The molecule has 0 spiro atoms. The second-order valence-electron chi connectivity index (χ2n) is 4.67. The van der Waals surface area contributed by atoms with Crippen molar-refractivity contribution in [1.29, 1.82) is 0 Å². The Morgan fingerprint density at radius 3 is 2.71 bits per heavy atom. The largest absolute Gasteiger partial charge is 0.496 e. The van der Waals surface area contributed by atoms with Crippen LogP contribution in [0.3, 0.4) is 0 Å². The van der Waals surface area contributed by atoms with Crippen molar-refractivity contribution in [2.24, 2.45) is 0 Å². The minimum atomic E-state index is 0.196. The third-order valence-electron chi connectivity index (χ3n) is 3.35. The molecule has 0 heterocycles.